The van der Waals surface area contributed by atoms with Crippen molar-refractivity contribution in [2.45, 2.75) is 26.2 Å². The van der Waals surface area contributed by atoms with Gasteiger partial charge in [0, 0.05) is 12.3 Å². The molecule has 1 rings (SSSR count). The monoisotopic (exact) mass is 233 g/mol. The third-order valence-corrected chi connectivity index (χ3v) is 4.18. The molecule has 0 aromatic carbocycles. The third kappa shape index (κ3) is 5.52. The molecule has 1 aliphatic rings. The molecule has 1 unspecified atom stereocenters. The molecule has 0 bridgehead atoms. The molecule has 1 atom stereocenters. The second-order valence-electron chi connectivity index (χ2n) is 4.21. The predicted octanol–water partition coefficient (Wildman–Crippen LogP) is 2.77. The van der Waals surface area contributed by atoms with Gasteiger partial charge < -0.3 is 4.90 Å². The topological polar surface area (TPSA) is 3.24 Å². The van der Waals surface area contributed by atoms with E-state index in [0.29, 0.717) is 0 Å². The van der Waals surface area contributed by atoms with E-state index in [1.807, 2.05) is 0 Å². The van der Waals surface area contributed by atoms with Crippen molar-refractivity contribution < 1.29 is 0 Å². The van der Waals surface area contributed by atoms with E-state index in [1.165, 1.54) is 50.4 Å². The summed E-state index contributed by atoms with van der Waals surface area (Å²) in [4.78, 5) is 2.63. The smallest absolute Gasteiger partial charge is 0.00723 e. The molecule has 0 N–H and O–H groups in total. The lowest BCUT2D eigenvalue weighted by Gasteiger charge is -2.21. The fourth-order valence-electron chi connectivity index (χ4n) is 1.79. The van der Waals surface area contributed by atoms with Crippen LogP contribution in [0.1, 0.15) is 26.2 Å². The Bertz CT molecular complexity index is 133. The van der Waals surface area contributed by atoms with Crippen molar-refractivity contribution in [2.24, 2.45) is 5.92 Å². The fourth-order valence-corrected chi connectivity index (χ4v) is 3.15. The quantitative estimate of drug-likeness (QED) is 0.727. The molecule has 0 radical (unpaired) electrons. The average molecular weight is 233 g/mol. The van der Waals surface area contributed by atoms with Crippen LogP contribution in [0.3, 0.4) is 0 Å². The Morgan fingerprint density at radius 3 is 2.93 bits per heavy atom. The first-order chi connectivity index (χ1) is 6.83. The van der Waals surface area contributed by atoms with E-state index in [1.54, 1.807) is 0 Å². The second-order valence-corrected chi connectivity index (χ2v) is 5.89. The van der Waals surface area contributed by atoms with Crippen LogP contribution in [-0.2, 0) is 0 Å². The van der Waals surface area contributed by atoms with Crippen LogP contribution in [0, 0.1) is 5.92 Å². The summed E-state index contributed by atoms with van der Waals surface area (Å²) >= 11 is 6.39. The number of thiol groups is 1. The van der Waals surface area contributed by atoms with Crippen LogP contribution < -0.4 is 0 Å². The summed E-state index contributed by atoms with van der Waals surface area (Å²) in [7, 11) is 0. The zero-order valence-corrected chi connectivity index (χ0v) is 11.0. The number of rotatable bonds is 5. The van der Waals surface area contributed by atoms with Crippen LogP contribution in [0.15, 0.2) is 0 Å². The summed E-state index contributed by atoms with van der Waals surface area (Å²) in [6.07, 6.45) is 4.00. The summed E-state index contributed by atoms with van der Waals surface area (Å²) < 4.78 is 0. The lowest BCUT2D eigenvalue weighted by Crippen LogP contribution is -2.28. The SMILES string of the molecule is CC(CCS)CCN1CCCSCC1. The second kappa shape index (κ2) is 7.89. The highest BCUT2D eigenvalue weighted by molar-refractivity contribution is 7.99. The van der Waals surface area contributed by atoms with E-state index in [2.05, 4.69) is 36.2 Å². The average Bonchev–Trinajstić information content (AvgIpc) is 2.43. The molecule has 1 nitrogen and oxygen atoms in total. The maximum Gasteiger partial charge on any atom is 0.00723 e. The number of nitrogens with zero attached hydrogens (tertiary/aromatic N) is 1. The highest BCUT2D eigenvalue weighted by Crippen LogP contribution is 2.13. The molecule has 1 fully saturated rings. The van der Waals surface area contributed by atoms with E-state index >= 15 is 0 Å². The van der Waals surface area contributed by atoms with Gasteiger partial charge in [0.25, 0.3) is 0 Å². The van der Waals surface area contributed by atoms with Crippen LogP contribution in [0.2, 0.25) is 0 Å². The maximum absolute atomic E-state index is 4.28. The van der Waals surface area contributed by atoms with Crippen LogP contribution >= 0.6 is 24.4 Å². The minimum Gasteiger partial charge on any atom is -0.302 e. The number of hydrogen-bond donors (Lipinski definition) is 1. The minimum absolute atomic E-state index is 0.850. The van der Waals surface area contributed by atoms with Crippen molar-refractivity contribution in [1.29, 1.82) is 0 Å². The lowest BCUT2D eigenvalue weighted by molar-refractivity contribution is 0.271. The molecule has 0 saturated carbocycles. The van der Waals surface area contributed by atoms with E-state index in [4.69, 9.17) is 0 Å². The van der Waals surface area contributed by atoms with E-state index in [-0.39, 0.29) is 0 Å². The van der Waals surface area contributed by atoms with E-state index in [0.717, 1.165) is 11.7 Å². The molecular formula is C11H23NS2. The van der Waals surface area contributed by atoms with Crippen LogP contribution in [0.4, 0.5) is 0 Å². The first-order valence-corrected chi connectivity index (χ1v) is 7.52. The molecule has 3 heteroatoms. The van der Waals surface area contributed by atoms with Crippen LogP contribution in [-0.4, -0.2) is 41.8 Å². The van der Waals surface area contributed by atoms with Gasteiger partial charge in [-0.25, -0.2) is 0 Å². The van der Waals surface area contributed by atoms with E-state index in [9.17, 15) is 0 Å². The summed E-state index contributed by atoms with van der Waals surface area (Å²) in [5.41, 5.74) is 0. The van der Waals surface area contributed by atoms with Gasteiger partial charge in [-0.15, -0.1) is 0 Å². The van der Waals surface area contributed by atoms with Crippen molar-refractivity contribution in [1.82, 2.24) is 4.90 Å². The maximum atomic E-state index is 4.28. The van der Waals surface area contributed by atoms with Gasteiger partial charge in [0.1, 0.15) is 0 Å². The Labute approximate surface area is 98.4 Å². The minimum atomic E-state index is 0.850. The molecule has 1 aliphatic heterocycles. The fraction of sp³-hybridized carbons (Fsp3) is 1.00. The largest absolute Gasteiger partial charge is 0.302 e. The molecule has 0 aromatic rings. The zero-order chi connectivity index (χ0) is 10.2. The van der Waals surface area contributed by atoms with Gasteiger partial charge in [0.2, 0.25) is 0 Å². The molecule has 0 spiro atoms. The predicted molar refractivity (Wildman–Crippen MR) is 70.6 cm³/mol. The van der Waals surface area contributed by atoms with Crippen LogP contribution in [0.5, 0.6) is 0 Å². The first-order valence-electron chi connectivity index (χ1n) is 5.74. The lowest BCUT2D eigenvalue weighted by atomic mass is 10.1. The molecule has 1 heterocycles. The standard InChI is InChI=1S/C11H23NS2/c1-11(4-8-13)3-6-12-5-2-9-14-10-7-12/h11,13H,2-10H2,1H3. The van der Waals surface area contributed by atoms with Gasteiger partial charge in [-0.2, -0.15) is 24.4 Å². The van der Waals surface area contributed by atoms with Gasteiger partial charge in [0.15, 0.2) is 0 Å². The summed E-state index contributed by atoms with van der Waals surface area (Å²) in [6.45, 7) is 6.27. The van der Waals surface area contributed by atoms with Crippen molar-refractivity contribution in [2.75, 3.05) is 36.9 Å². The third-order valence-electron chi connectivity index (χ3n) is 2.87. The summed E-state index contributed by atoms with van der Waals surface area (Å²) in [5, 5.41) is 0. The molecule has 0 amide bonds. The summed E-state index contributed by atoms with van der Waals surface area (Å²) in [6, 6.07) is 0. The van der Waals surface area contributed by atoms with Crippen molar-refractivity contribution in [3.63, 3.8) is 0 Å². The Morgan fingerprint density at radius 2 is 2.14 bits per heavy atom. The van der Waals surface area contributed by atoms with Gasteiger partial charge in [-0.3, -0.25) is 0 Å². The molecule has 0 aliphatic carbocycles. The summed E-state index contributed by atoms with van der Waals surface area (Å²) in [5.74, 6) is 4.59. The Balaban J connectivity index is 2.09. The number of thioether (sulfide) groups is 1. The molecular weight excluding hydrogens is 210 g/mol. The normalized spacial score (nSPS) is 21.9. The van der Waals surface area contributed by atoms with Gasteiger partial charge in [-0.1, -0.05) is 6.92 Å². The van der Waals surface area contributed by atoms with Crippen molar-refractivity contribution in [3.05, 3.63) is 0 Å². The molecule has 1 saturated heterocycles. The van der Waals surface area contributed by atoms with E-state index < -0.39 is 0 Å². The molecule has 0 aromatic heterocycles. The Hall–Kier alpha value is 0.660. The highest BCUT2D eigenvalue weighted by atomic mass is 32.2. The first kappa shape index (κ1) is 12.7. The van der Waals surface area contributed by atoms with Crippen LogP contribution in [0.25, 0.3) is 0 Å². The van der Waals surface area contributed by atoms with Gasteiger partial charge >= 0.3 is 0 Å². The molecule has 84 valence electrons. The van der Waals surface area contributed by atoms with Gasteiger partial charge in [0.05, 0.1) is 0 Å². The van der Waals surface area contributed by atoms with Crippen molar-refractivity contribution >= 4 is 24.4 Å². The van der Waals surface area contributed by atoms with Gasteiger partial charge in [-0.05, 0) is 49.8 Å². The highest BCUT2D eigenvalue weighted by Gasteiger charge is 2.10. The zero-order valence-electron chi connectivity index (χ0n) is 9.24. The number of hydrogen-bond acceptors (Lipinski definition) is 3. The van der Waals surface area contributed by atoms with Crippen molar-refractivity contribution in [3.8, 4) is 0 Å². The Morgan fingerprint density at radius 1 is 1.29 bits per heavy atom. The molecule has 14 heavy (non-hydrogen) atoms. The Kier molecular flexibility index (Phi) is 7.17.